The van der Waals surface area contributed by atoms with Crippen LogP contribution in [-0.4, -0.2) is 22.0 Å². The molecule has 2 N–H and O–H groups in total. The van der Waals surface area contributed by atoms with Crippen molar-refractivity contribution in [2.24, 2.45) is 0 Å². The number of carboxylic acids is 1. The Morgan fingerprint density at radius 3 is 2.46 bits per heavy atom. The van der Waals surface area contributed by atoms with Crippen molar-refractivity contribution in [2.45, 2.75) is 12.5 Å². The lowest BCUT2D eigenvalue weighted by Crippen LogP contribution is -2.34. The van der Waals surface area contributed by atoms with Gasteiger partial charge < -0.3 is 10.4 Å². The molecule has 7 heteroatoms. The number of rotatable bonds is 6. The fourth-order valence-corrected chi connectivity index (χ4v) is 3.25. The lowest BCUT2D eigenvalue weighted by atomic mass is 10.1. The number of amides is 1. The zero-order valence-corrected chi connectivity index (χ0v) is 14.4. The first-order valence-corrected chi connectivity index (χ1v) is 8.68. The quantitative estimate of drug-likeness (QED) is 0.697. The molecule has 3 rings (SSSR count). The highest BCUT2D eigenvalue weighted by Crippen LogP contribution is 2.24. The Kier molecular flexibility index (Phi) is 5.38. The molecule has 0 bridgehead atoms. The van der Waals surface area contributed by atoms with Crippen LogP contribution < -0.4 is 5.32 Å². The molecule has 5 nitrogen and oxygen atoms in total. The number of thiazole rings is 1. The van der Waals surface area contributed by atoms with Crippen LogP contribution in [0.4, 0.5) is 4.39 Å². The summed E-state index contributed by atoms with van der Waals surface area (Å²) in [5.74, 6) is -1.89. The van der Waals surface area contributed by atoms with Crippen molar-refractivity contribution in [1.29, 1.82) is 0 Å². The van der Waals surface area contributed by atoms with Crippen molar-refractivity contribution >= 4 is 23.2 Å². The summed E-state index contributed by atoms with van der Waals surface area (Å²) < 4.78 is 13.0. The van der Waals surface area contributed by atoms with Gasteiger partial charge in [0.15, 0.2) is 6.04 Å². The van der Waals surface area contributed by atoms with Gasteiger partial charge in [-0.1, -0.05) is 30.3 Å². The third-order valence-corrected chi connectivity index (χ3v) is 4.61. The fourth-order valence-electron chi connectivity index (χ4n) is 2.42. The minimum Gasteiger partial charge on any atom is -0.479 e. The van der Waals surface area contributed by atoms with Gasteiger partial charge in [-0.05, 0) is 29.8 Å². The molecule has 1 amide bonds. The van der Waals surface area contributed by atoms with Crippen LogP contribution in [0.3, 0.4) is 0 Å². The summed E-state index contributed by atoms with van der Waals surface area (Å²) in [4.78, 5) is 28.0. The minimum absolute atomic E-state index is 0.0334. The third kappa shape index (κ3) is 4.31. The number of hydrogen-bond donors (Lipinski definition) is 2. The van der Waals surface area contributed by atoms with Crippen molar-refractivity contribution in [2.75, 3.05) is 0 Å². The molecule has 1 aromatic heterocycles. The van der Waals surface area contributed by atoms with Crippen molar-refractivity contribution in [1.82, 2.24) is 10.3 Å². The summed E-state index contributed by atoms with van der Waals surface area (Å²) in [5, 5.41) is 14.3. The van der Waals surface area contributed by atoms with Crippen molar-refractivity contribution in [3.8, 4) is 10.6 Å². The van der Waals surface area contributed by atoms with E-state index in [2.05, 4.69) is 10.3 Å². The Hall–Kier alpha value is -3.06. The van der Waals surface area contributed by atoms with Gasteiger partial charge in [0.05, 0.1) is 12.1 Å². The Morgan fingerprint density at radius 1 is 1.12 bits per heavy atom. The van der Waals surface area contributed by atoms with Gasteiger partial charge in [0.2, 0.25) is 5.91 Å². The van der Waals surface area contributed by atoms with Gasteiger partial charge in [-0.2, -0.15) is 0 Å². The lowest BCUT2D eigenvalue weighted by Gasteiger charge is -2.14. The van der Waals surface area contributed by atoms with Gasteiger partial charge in [-0.3, -0.25) is 4.79 Å². The molecule has 0 unspecified atom stereocenters. The maximum Gasteiger partial charge on any atom is 0.330 e. The zero-order chi connectivity index (χ0) is 18.5. The first kappa shape index (κ1) is 17.8. The normalized spacial score (nSPS) is 11.7. The highest BCUT2D eigenvalue weighted by Gasteiger charge is 2.22. The highest BCUT2D eigenvalue weighted by atomic mass is 32.1. The zero-order valence-electron chi connectivity index (χ0n) is 13.6. The van der Waals surface area contributed by atoms with Crippen LogP contribution in [0.2, 0.25) is 0 Å². The maximum atomic E-state index is 13.0. The number of hydrogen-bond acceptors (Lipinski definition) is 4. The first-order chi connectivity index (χ1) is 12.5. The summed E-state index contributed by atoms with van der Waals surface area (Å²) >= 11 is 1.34. The average Bonchev–Trinajstić information content (AvgIpc) is 3.09. The fraction of sp³-hybridized carbons (Fsp3) is 0.105. The largest absolute Gasteiger partial charge is 0.479 e. The number of aromatic nitrogens is 1. The van der Waals surface area contributed by atoms with Gasteiger partial charge in [0.1, 0.15) is 10.8 Å². The molecule has 2 aromatic carbocycles. The van der Waals surface area contributed by atoms with Crippen molar-refractivity contribution < 1.29 is 19.1 Å². The molecule has 0 aliphatic rings. The van der Waals surface area contributed by atoms with Crippen LogP contribution in [0, 0.1) is 5.82 Å². The van der Waals surface area contributed by atoms with E-state index in [-0.39, 0.29) is 12.2 Å². The van der Waals surface area contributed by atoms with Crippen LogP contribution in [0.25, 0.3) is 10.6 Å². The summed E-state index contributed by atoms with van der Waals surface area (Å²) in [7, 11) is 0. The molecule has 132 valence electrons. The number of aliphatic carboxylic acids is 1. The second kappa shape index (κ2) is 7.88. The number of nitrogens with zero attached hydrogens (tertiary/aromatic N) is 1. The van der Waals surface area contributed by atoms with Crippen LogP contribution in [0.15, 0.2) is 60.0 Å². The summed E-state index contributed by atoms with van der Waals surface area (Å²) in [5.41, 5.74) is 1.79. The van der Waals surface area contributed by atoms with Crippen LogP contribution in [0.5, 0.6) is 0 Å². The van der Waals surface area contributed by atoms with E-state index in [9.17, 15) is 19.1 Å². The van der Waals surface area contributed by atoms with E-state index < -0.39 is 17.9 Å². The number of halogens is 1. The van der Waals surface area contributed by atoms with Gasteiger partial charge >= 0.3 is 5.97 Å². The van der Waals surface area contributed by atoms with Gasteiger partial charge in [-0.15, -0.1) is 11.3 Å². The second-order valence-electron chi connectivity index (χ2n) is 5.58. The predicted octanol–water partition coefficient (Wildman–Crippen LogP) is 3.43. The molecule has 0 aliphatic heterocycles. The SMILES string of the molecule is O=C(Cc1csc(-c2ccc(F)cc2)n1)N[C@H](C(=O)O)c1ccccc1. The molecule has 0 saturated carbocycles. The molecule has 3 aromatic rings. The molecule has 0 spiro atoms. The second-order valence-corrected chi connectivity index (χ2v) is 6.44. The molecular formula is C19H15FN2O3S. The lowest BCUT2D eigenvalue weighted by molar-refractivity contribution is -0.142. The van der Waals surface area contributed by atoms with Gasteiger partial charge in [-0.25, -0.2) is 14.2 Å². The summed E-state index contributed by atoms with van der Waals surface area (Å²) in [6.07, 6.45) is -0.0334. The number of carboxylic acid groups (broad SMARTS) is 1. The summed E-state index contributed by atoms with van der Waals surface area (Å²) in [6, 6.07) is 13.3. The third-order valence-electron chi connectivity index (χ3n) is 3.67. The Balaban J connectivity index is 1.68. The number of benzene rings is 2. The van der Waals surface area contributed by atoms with Gasteiger partial charge in [0.25, 0.3) is 0 Å². The minimum atomic E-state index is -1.13. The van der Waals surface area contributed by atoms with Gasteiger partial charge in [0, 0.05) is 10.9 Å². The molecule has 26 heavy (non-hydrogen) atoms. The highest BCUT2D eigenvalue weighted by molar-refractivity contribution is 7.13. The van der Waals surface area contributed by atoms with E-state index in [0.717, 1.165) is 5.56 Å². The molecule has 1 heterocycles. The summed E-state index contributed by atoms with van der Waals surface area (Å²) in [6.45, 7) is 0. The van der Waals surface area contributed by atoms with Crippen LogP contribution in [-0.2, 0) is 16.0 Å². The first-order valence-electron chi connectivity index (χ1n) is 7.80. The molecule has 0 radical (unpaired) electrons. The number of carbonyl (C=O) groups excluding carboxylic acids is 1. The Morgan fingerprint density at radius 2 is 1.81 bits per heavy atom. The van der Waals surface area contributed by atoms with Crippen LogP contribution >= 0.6 is 11.3 Å². The number of nitrogens with one attached hydrogen (secondary N) is 1. The van der Waals surface area contributed by atoms with E-state index >= 15 is 0 Å². The standard InChI is InChI=1S/C19H15FN2O3S/c20-14-8-6-13(7-9-14)18-21-15(11-26-18)10-16(23)22-17(19(24)25)12-4-2-1-3-5-12/h1-9,11,17H,10H2,(H,22,23)(H,24,25)/t17-/m0/s1. The van der Waals surface area contributed by atoms with Crippen molar-refractivity contribution in [3.05, 3.63) is 77.1 Å². The predicted molar refractivity (Wildman–Crippen MR) is 96.2 cm³/mol. The molecule has 0 fully saturated rings. The maximum absolute atomic E-state index is 13.0. The molecule has 0 aliphatic carbocycles. The van der Waals surface area contributed by atoms with E-state index in [1.807, 2.05) is 0 Å². The Bertz CT molecular complexity index is 910. The molecular weight excluding hydrogens is 355 g/mol. The molecule has 1 atom stereocenters. The average molecular weight is 370 g/mol. The molecule has 0 saturated heterocycles. The van der Waals surface area contributed by atoms with E-state index in [0.29, 0.717) is 16.3 Å². The number of carbonyl (C=O) groups is 2. The van der Waals surface area contributed by atoms with E-state index in [4.69, 9.17) is 0 Å². The topological polar surface area (TPSA) is 79.3 Å². The van der Waals surface area contributed by atoms with Crippen molar-refractivity contribution in [3.63, 3.8) is 0 Å². The monoisotopic (exact) mass is 370 g/mol. The van der Waals surface area contributed by atoms with E-state index in [1.165, 1.54) is 23.5 Å². The smallest absolute Gasteiger partial charge is 0.330 e. The van der Waals surface area contributed by atoms with Crippen LogP contribution in [0.1, 0.15) is 17.3 Å². The van der Waals surface area contributed by atoms with E-state index in [1.54, 1.807) is 47.8 Å². The Labute approximate surface area is 153 Å².